The summed E-state index contributed by atoms with van der Waals surface area (Å²) in [7, 11) is 1.68. The van der Waals surface area contributed by atoms with Gasteiger partial charge in [-0.2, -0.15) is 0 Å². The van der Waals surface area contributed by atoms with Gasteiger partial charge in [-0.15, -0.1) is 5.92 Å². The molecule has 0 atom stereocenters. The molecule has 1 rings (SSSR count). The van der Waals surface area contributed by atoms with E-state index >= 15 is 0 Å². The van der Waals surface area contributed by atoms with Gasteiger partial charge < -0.3 is 14.8 Å². The minimum absolute atomic E-state index is 0.392. The van der Waals surface area contributed by atoms with Crippen LogP contribution in [-0.4, -0.2) is 26.9 Å². The van der Waals surface area contributed by atoms with Crippen LogP contribution in [0.2, 0.25) is 5.02 Å². The highest BCUT2D eigenvalue weighted by Gasteiger charge is 2.04. The maximum Gasteiger partial charge on any atom is 0.149 e. The molecule has 0 fully saturated rings. The van der Waals surface area contributed by atoms with Crippen molar-refractivity contribution in [1.29, 1.82) is 0 Å². The SMILES string of the molecule is CC#CCOc1ccc(Cl)cc1CNCCOC. The van der Waals surface area contributed by atoms with E-state index < -0.39 is 0 Å². The number of ether oxygens (including phenoxy) is 2. The van der Waals surface area contributed by atoms with Crippen molar-refractivity contribution in [2.75, 3.05) is 26.9 Å². The van der Waals surface area contributed by atoms with Crippen LogP contribution < -0.4 is 10.1 Å². The first-order valence-electron chi connectivity index (χ1n) is 5.78. The summed E-state index contributed by atoms with van der Waals surface area (Å²) in [5.74, 6) is 6.48. The summed E-state index contributed by atoms with van der Waals surface area (Å²) in [4.78, 5) is 0. The summed E-state index contributed by atoms with van der Waals surface area (Å²) in [6, 6.07) is 5.58. The maximum atomic E-state index is 5.98. The van der Waals surface area contributed by atoms with Crippen LogP contribution >= 0.6 is 11.6 Å². The Kier molecular flexibility index (Phi) is 7.28. The van der Waals surface area contributed by atoms with Gasteiger partial charge in [0.2, 0.25) is 0 Å². The van der Waals surface area contributed by atoms with Gasteiger partial charge in [0, 0.05) is 30.8 Å². The van der Waals surface area contributed by atoms with E-state index in [1.54, 1.807) is 14.0 Å². The van der Waals surface area contributed by atoms with Gasteiger partial charge >= 0.3 is 0 Å². The van der Waals surface area contributed by atoms with Gasteiger partial charge in [0.1, 0.15) is 12.4 Å². The van der Waals surface area contributed by atoms with Crippen molar-refractivity contribution in [3.63, 3.8) is 0 Å². The van der Waals surface area contributed by atoms with E-state index in [2.05, 4.69) is 17.2 Å². The van der Waals surface area contributed by atoms with E-state index in [4.69, 9.17) is 21.1 Å². The zero-order chi connectivity index (χ0) is 13.2. The van der Waals surface area contributed by atoms with Crippen molar-refractivity contribution in [2.45, 2.75) is 13.5 Å². The molecule has 0 aliphatic heterocycles. The monoisotopic (exact) mass is 267 g/mol. The highest BCUT2D eigenvalue weighted by molar-refractivity contribution is 6.30. The number of hydrogen-bond acceptors (Lipinski definition) is 3. The molecule has 1 N–H and O–H groups in total. The Balaban J connectivity index is 2.60. The first-order valence-corrected chi connectivity index (χ1v) is 6.16. The third kappa shape index (κ3) is 5.42. The van der Waals surface area contributed by atoms with Crippen LogP contribution in [0.4, 0.5) is 0 Å². The molecule has 0 saturated carbocycles. The molecule has 0 spiro atoms. The molecule has 0 aliphatic carbocycles. The second-order valence-corrected chi connectivity index (χ2v) is 4.07. The largest absolute Gasteiger partial charge is 0.481 e. The van der Waals surface area contributed by atoms with E-state index in [9.17, 15) is 0 Å². The van der Waals surface area contributed by atoms with E-state index in [0.29, 0.717) is 24.8 Å². The summed E-state index contributed by atoms with van der Waals surface area (Å²) >= 11 is 5.98. The normalized spacial score (nSPS) is 9.72. The molecule has 4 heteroatoms. The Morgan fingerprint density at radius 2 is 2.22 bits per heavy atom. The first-order chi connectivity index (χ1) is 8.77. The minimum atomic E-state index is 0.392. The summed E-state index contributed by atoms with van der Waals surface area (Å²) in [5, 5.41) is 3.96. The maximum absolute atomic E-state index is 5.98. The number of halogens is 1. The lowest BCUT2D eigenvalue weighted by molar-refractivity contribution is 0.199. The quantitative estimate of drug-likeness (QED) is 0.608. The first kappa shape index (κ1) is 14.8. The molecule has 0 heterocycles. The van der Waals surface area contributed by atoms with Crippen LogP contribution in [0.25, 0.3) is 0 Å². The summed E-state index contributed by atoms with van der Waals surface area (Å²) < 4.78 is 10.6. The molecule has 1 aromatic rings. The molecule has 0 radical (unpaired) electrons. The molecule has 3 nitrogen and oxygen atoms in total. The van der Waals surface area contributed by atoms with Crippen LogP contribution in [0.5, 0.6) is 5.75 Å². The molecule has 0 aromatic heterocycles. The highest BCUT2D eigenvalue weighted by Crippen LogP contribution is 2.22. The predicted octanol–water partition coefficient (Wildman–Crippen LogP) is 2.48. The fourth-order valence-corrected chi connectivity index (χ4v) is 1.60. The van der Waals surface area contributed by atoms with Crippen LogP contribution in [0.1, 0.15) is 12.5 Å². The number of hydrogen-bond donors (Lipinski definition) is 1. The third-order valence-corrected chi connectivity index (χ3v) is 2.53. The minimum Gasteiger partial charge on any atom is -0.481 e. The van der Waals surface area contributed by atoms with Gasteiger partial charge in [-0.1, -0.05) is 17.5 Å². The molecule has 0 amide bonds. The zero-order valence-corrected chi connectivity index (χ0v) is 11.5. The molecule has 0 saturated heterocycles. The molecule has 0 bridgehead atoms. The fraction of sp³-hybridized carbons (Fsp3) is 0.429. The van der Waals surface area contributed by atoms with Gasteiger partial charge in [-0.05, 0) is 25.1 Å². The van der Waals surface area contributed by atoms with Crippen LogP contribution in [0, 0.1) is 11.8 Å². The van der Waals surface area contributed by atoms with Crippen LogP contribution in [0.15, 0.2) is 18.2 Å². The molecule has 0 unspecified atom stereocenters. The smallest absolute Gasteiger partial charge is 0.149 e. The Morgan fingerprint density at radius 1 is 1.39 bits per heavy atom. The van der Waals surface area contributed by atoms with E-state index in [1.165, 1.54) is 0 Å². The lowest BCUT2D eigenvalue weighted by atomic mass is 10.2. The average molecular weight is 268 g/mol. The predicted molar refractivity (Wildman–Crippen MR) is 74.0 cm³/mol. The Hall–Kier alpha value is -1.21. The molecule has 98 valence electrons. The molecule has 1 aromatic carbocycles. The molecule has 18 heavy (non-hydrogen) atoms. The van der Waals surface area contributed by atoms with Crippen molar-refractivity contribution < 1.29 is 9.47 Å². The zero-order valence-electron chi connectivity index (χ0n) is 10.8. The van der Waals surface area contributed by atoms with Gasteiger partial charge in [-0.3, -0.25) is 0 Å². The third-order valence-electron chi connectivity index (χ3n) is 2.30. The lowest BCUT2D eigenvalue weighted by Gasteiger charge is -2.11. The van der Waals surface area contributed by atoms with E-state index in [0.717, 1.165) is 17.9 Å². The number of methoxy groups -OCH3 is 1. The van der Waals surface area contributed by atoms with E-state index in [-0.39, 0.29) is 0 Å². The van der Waals surface area contributed by atoms with Crippen molar-refractivity contribution in [3.05, 3.63) is 28.8 Å². The highest BCUT2D eigenvalue weighted by atomic mass is 35.5. The summed E-state index contributed by atoms with van der Waals surface area (Å²) in [5.41, 5.74) is 1.02. The summed E-state index contributed by atoms with van der Waals surface area (Å²) in [6.45, 7) is 4.34. The lowest BCUT2D eigenvalue weighted by Crippen LogP contribution is -2.19. The van der Waals surface area contributed by atoms with Gasteiger partial charge in [-0.25, -0.2) is 0 Å². The number of nitrogens with one attached hydrogen (secondary N) is 1. The van der Waals surface area contributed by atoms with E-state index in [1.807, 2.05) is 18.2 Å². The topological polar surface area (TPSA) is 30.5 Å². The van der Waals surface area contributed by atoms with Gasteiger partial charge in [0.05, 0.1) is 6.61 Å². The van der Waals surface area contributed by atoms with Crippen molar-refractivity contribution in [1.82, 2.24) is 5.32 Å². The van der Waals surface area contributed by atoms with Crippen LogP contribution in [0.3, 0.4) is 0 Å². The van der Waals surface area contributed by atoms with Gasteiger partial charge in [0.15, 0.2) is 0 Å². The number of rotatable bonds is 7. The molecule has 0 aliphatic rings. The van der Waals surface area contributed by atoms with Gasteiger partial charge in [0.25, 0.3) is 0 Å². The Bertz CT molecular complexity index is 424. The molecular weight excluding hydrogens is 250 g/mol. The van der Waals surface area contributed by atoms with Crippen LogP contribution in [-0.2, 0) is 11.3 Å². The molecular formula is C14H18ClNO2. The second-order valence-electron chi connectivity index (χ2n) is 3.64. The Labute approximate surface area is 113 Å². The number of benzene rings is 1. The van der Waals surface area contributed by atoms with Crippen molar-refractivity contribution in [2.24, 2.45) is 0 Å². The fourth-order valence-electron chi connectivity index (χ4n) is 1.41. The average Bonchev–Trinajstić information content (AvgIpc) is 2.37. The summed E-state index contributed by atoms with van der Waals surface area (Å²) in [6.07, 6.45) is 0. The second kappa shape index (κ2) is 8.82. The Morgan fingerprint density at radius 3 is 2.94 bits per heavy atom. The van der Waals surface area contributed by atoms with Crippen molar-refractivity contribution in [3.8, 4) is 17.6 Å². The van der Waals surface area contributed by atoms with Crippen molar-refractivity contribution >= 4 is 11.6 Å². The standard InChI is InChI=1S/C14H18ClNO2/c1-3-4-8-18-14-6-5-13(15)10-12(14)11-16-7-9-17-2/h5-6,10,16H,7-9,11H2,1-2H3.